The van der Waals surface area contributed by atoms with Crippen LogP contribution in [-0.4, -0.2) is 35.8 Å². The van der Waals surface area contributed by atoms with Crippen molar-refractivity contribution < 1.29 is 28.3 Å². The second kappa shape index (κ2) is 11.4. The Kier molecular flexibility index (Phi) is 7.85. The third-order valence-electron chi connectivity index (χ3n) is 5.90. The third kappa shape index (κ3) is 5.83. The van der Waals surface area contributed by atoms with Gasteiger partial charge in [-0.1, -0.05) is 30.3 Å². The number of nitrogens with zero attached hydrogens (tertiary/aromatic N) is 1. The summed E-state index contributed by atoms with van der Waals surface area (Å²) in [6.07, 6.45) is 1.54. The molecule has 8 nitrogen and oxygen atoms in total. The summed E-state index contributed by atoms with van der Waals surface area (Å²) in [6.45, 7) is 3.58. The molecule has 1 aromatic heterocycles. The standard InChI is InChI=1S/C28H28N2O6/c1-3-34-28(33)27-19(2)30(18-25(31)29-17-23-13-8-14-35-23)26(32)16-24(27)20-9-7-12-22(15-20)36-21-10-5-4-6-11-21/h4-15,24H,3,16-18H2,1-2H3,(H,29,31). The molecule has 2 heterocycles. The maximum Gasteiger partial charge on any atom is 0.336 e. The van der Waals surface area contributed by atoms with Crippen LogP contribution < -0.4 is 10.1 Å². The first-order chi connectivity index (χ1) is 17.5. The van der Waals surface area contributed by atoms with Crippen molar-refractivity contribution in [2.75, 3.05) is 13.2 Å². The molecule has 0 spiro atoms. The van der Waals surface area contributed by atoms with Crippen molar-refractivity contribution in [2.45, 2.75) is 32.7 Å². The lowest BCUT2D eigenvalue weighted by Gasteiger charge is -2.34. The summed E-state index contributed by atoms with van der Waals surface area (Å²) in [7, 11) is 0. The highest BCUT2D eigenvalue weighted by atomic mass is 16.5. The second-order valence-corrected chi connectivity index (χ2v) is 8.30. The number of benzene rings is 2. The van der Waals surface area contributed by atoms with E-state index in [0.717, 1.165) is 5.56 Å². The lowest BCUT2D eigenvalue weighted by molar-refractivity contribution is -0.141. The largest absolute Gasteiger partial charge is 0.467 e. The molecule has 3 aromatic rings. The van der Waals surface area contributed by atoms with Crippen LogP contribution >= 0.6 is 0 Å². The lowest BCUT2D eigenvalue weighted by atomic mass is 9.83. The Morgan fingerprint density at radius 2 is 1.83 bits per heavy atom. The van der Waals surface area contributed by atoms with Gasteiger partial charge in [0.1, 0.15) is 23.8 Å². The van der Waals surface area contributed by atoms with E-state index < -0.39 is 11.9 Å². The van der Waals surface area contributed by atoms with Crippen molar-refractivity contribution in [3.8, 4) is 11.5 Å². The van der Waals surface area contributed by atoms with Gasteiger partial charge in [0.05, 0.1) is 25.0 Å². The summed E-state index contributed by atoms with van der Waals surface area (Å²) in [5.74, 6) is 0.212. The quantitative estimate of drug-likeness (QED) is 0.444. The summed E-state index contributed by atoms with van der Waals surface area (Å²) in [4.78, 5) is 40.1. The van der Waals surface area contributed by atoms with Crippen LogP contribution in [0.15, 0.2) is 88.7 Å². The van der Waals surface area contributed by atoms with E-state index >= 15 is 0 Å². The van der Waals surface area contributed by atoms with Gasteiger partial charge >= 0.3 is 5.97 Å². The summed E-state index contributed by atoms with van der Waals surface area (Å²) in [5, 5.41) is 2.73. The van der Waals surface area contributed by atoms with E-state index in [-0.39, 0.29) is 37.9 Å². The maximum absolute atomic E-state index is 13.2. The van der Waals surface area contributed by atoms with Gasteiger partial charge in [0.25, 0.3) is 0 Å². The summed E-state index contributed by atoms with van der Waals surface area (Å²) < 4.78 is 16.5. The fraction of sp³-hybridized carbons (Fsp3) is 0.250. The van der Waals surface area contributed by atoms with Crippen molar-refractivity contribution in [2.24, 2.45) is 0 Å². The molecule has 4 rings (SSSR count). The van der Waals surface area contributed by atoms with Crippen LogP contribution in [-0.2, 0) is 25.7 Å². The minimum absolute atomic E-state index is 0.0196. The van der Waals surface area contributed by atoms with E-state index in [9.17, 15) is 14.4 Å². The first kappa shape index (κ1) is 24.8. The van der Waals surface area contributed by atoms with Gasteiger partial charge in [-0.3, -0.25) is 9.59 Å². The number of nitrogens with one attached hydrogen (secondary N) is 1. The molecule has 1 aliphatic rings. The Bertz CT molecular complexity index is 1250. The van der Waals surface area contributed by atoms with Gasteiger partial charge in [-0.2, -0.15) is 0 Å². The first-order valence-corrected chi connectivity index (χ1v) is 11.8. The molecule has 8 heteroatoms. The highest BCUT2D eigenvalue weighted by molar-refractivity contribution is 5.97. The molecule has 2 amide bonds. The van der Waals surface area contributed by atoms with Crippen molar-refractivity contribution in [1.82, 2.24) is 10.2 Å². The number of hydrogen-bond acceptors (Lipinski definition) is 6. The van der Waals surface area contributed by atoms with Crippen LogP contribution in [0.5, 0.6) is 11.5 Å². The van der Waals surface area contributed by atoms with E-state index in [1.54, 1.807) is 26.0 Å². The molecule has 0 saturated heterocycles. The number of esters is 1. The molecule has 0 fully saturated rings. The maximum atomic E-state index is 13.2. The lowest BCUT2D eigenvalue weighted by Crippen LogP contribution is -2.44. The number of furan rings is 1. The molecule has 1 atom stereocenters. The van der Waals surface area contributed by atoms with E-state index in [0.29, 0.717) is 28.5 Å². The monoisotopic (exact) mass is 488 g/mol. The van der Waals surface area contributed by atoms with Crippen molar-refractivity contribution in [3.63, 3.8) is 0 Å². The molecule has 1 aliphatic heterocycles. The second-order valence-electron chi connectivity index (χ2n) is 8.30. The van der Waals surface area contributed by atoms with Gasteiger partial charge in [-0.05, 0) is 55.8 Å². The SMILES string of the molecule is CCOC(=O)C1=C(C)N(CC(=O)NCc2ccco2)C(=O)CC1c1cccc(Oc2ccccc2)c1. The fourth-order valence-corrected chi connectivity index (χ4v) is 4.18. The molecule has 1 N–H and O–H groups in total. The van der Waals surface area contributed by atoms with Crippen LogP contribution in [0.2, 0.25) is 0 Å². The van der Waals surface area contributed by atoms with Crippen LogP contribution in [0.3, 0.4) is 0 Å². The zero-order valence-electron chi connectivity index (χ0n) is 20.2. The van der Waals surface area contributed by atoms with Crippen LogP contribution in [0, 0.1) is 0 Å². The molecule has 1 unspecified atom stereocenters. The Hall–Kier alpha value is -4.33. The van der Waals surface area contributed by atoms with Gasteiger partial charge in [0.2, 0.25) is 11.8 Å². The summed E-state index contributed by atoms with van der Waals surface area (Å²) in [5.41, 5.74) is 1.51. The average molecular weight is 489 g/mol. The molecule has 186 valence electrons. The van der Waals surface area contributed by atoms with Crippen molar-refractivity contribution in [3.05, 3.63) is 95.6 Å². The molecular weight excluding hydrogens is 460 g/mol. The highest BCUT2D eigenvalue weighted by Gasteiger charge is 2.37. The third-order valence-corrected chi connectivity index (χ3v) is 5.90. The molecule has 0 saturated carbocycles. The highest BCUT2D eigenvalue weighted by Crippen LogP contribution is 2.38. The van der Waals surface area contributed by atoms with E-state index in [1.807, 2.05) is 54.6 Å². The van der Waals surface area contributed by atoms with Crippen LogP contribution in [0.4, 0.5) is 0 Å². The van der Waals surface area contributed by atoms with Crippen molar-refractivity contribution in [1.29, 1.82) is 0 Å². The van der Waals surface area contributed by atoms with Crippen molar-refractivity contribution >= 4 is 17.8 Å². The molecule has 2 aromatic carbocycles. The fourth-order valence-electron chi connectivity index (χ4n) is 4.18. The number of para-hydroxylation sites is 1. The van der Waals surface area contributed by atoms with Crippen LogP contribution in [0.25, 0.3) is 0 Å². The normalized spacial score (nSPS) is 15.6. The Morgan fingerprint density at radius 1 is 1.06 bits per heavy atom. The number of hydrogen-bond donors (Lipinski definition) is 1. The van der Waals surface area contributed by atoms with Gasteiger partial charge in [0.15, 0.2) is 0 Å². The van der Waals surface area contributed by atoms with E-state index in [1.165, 1.54) is 11.2 Å². The Balaban J connectivity index is 1.59. The van der Waals surface area contributed by atoms with Gasteiger partial charge < -0.3 is 24.1 Å². The van der Waals surface area contributed by atoms with E-state index in [4.69, 9.17) is 13.9 Å². The minimum atomic E-state index is -0.529. The van der Waals surface area contributed by atoms with E-state index in [2.05, 4.69) is 5.32 Å². The summed E-state index contributed by atoms with van der Waals surface area (Å²) in [6, 6.07) is 20.1. The molecular formula is C28H28N2O6. The van der Waals surface area contributed by atoms with Gasteiger partial charge in [0, 0.05) is 18.0 Å². The zero-order chi connectivity index (χ0) is 25.5. The molecule has 0 aliphatic carbocycles. The van der Waals surface area contributed by atoms with Crippen LogP contribution in [0.1, 0.15) is 37.5 Å². The van der Waals surface area contributed by atoms with Gasteiger partial charge in [-0.15, -0.1) is 0 Å². The predicted molar refractivity (Wildman–Crippen MR) is 132 cm³/mol. The number of allylic oxidation sites excluding steroid dienone is 1. The number of amides is 2. The Morgan fingerprint density at radius 3 is 2.56 bits per heavy atom. The summed E-state index contributed by atoms with van der Waals surface area (Å²) >= 11 is 0. The van der Waals surface area contributed by atoms with Gasteiger partial charge in [-0.25, -0.2) is 4.79 Å². The first-order valence-electron chi connectivity index (χ1n) is 11.8. The number of rotatable bonds is 9. The number of carbonyl (C=O) groups excluding carboxylic acids is 3. The average Bonchev–Trinajstić information content (AvgIpc) is 3.40. The molecule has 0 bridgehead atoms. The molecule has 36 heavy (non-hydrogen) atoms. The number of carbonyl (C=O) groups is 3. The number of ether oxygens (including phenoxy) is 2. The smallest absolute Gasteiger partial charge is 0.336 e. The zero-order valence-corrected chi connectivity index (χ0v) is 20.2. The molecule has 0 radical (unpaired) electrons. The predicted octanol–water partition coefficient (Wildman–Crippen LogP) is 4.54. The topological polar surface area (TPSA) is 98.1 Å². The minimum Gasteiger partial charge on any atom is -0.467 e. The Labute approximate surface area is 209 Å².